The van der Waals surface area contributed by atoms with Gasteiger partial charge < -0.3 is 4.42 Å². The van der Waals surface area contributed by atoms with Crippen molar-refractivity contribution in [2.24, 2.45) is 5.41 Å². The molecule has 0 fully saturated rings. The zero-order valence-corrected chi connectivity index (χ0v) is 11.5. The Morgan fingerprint density at radius 3 is 2.47 bits per heavy atom. The van der Waals surface area contributed by atoms with Gasteiger partial charge in [0, 0.05) is 10.6 Å². The molecule has 0 saturated heterocycles. The molecule has 1 rings (SSSR count). The van der Waals surface area contributed by atoms with Crippen LogP contribution < -0.4 is 0 Å². The van der Waals surface area contributed by atoms with Gasteiger partial charge in [0.1, 0.15) is 5.76 Å². The maximum absolute atomic E-state index is 5.29. The summed E-state index contributed by atoms with van der Waals surface area (Å²) in [4.78, 5) is 1.27. The van der Waals surface area contributed by atoms with Crippen molar-refractivity contribution in [3.8, 4) is 0 Å². The lowest BCUT2D eigenvalue weighted by Crippen LogP contribution is -2.24. The van der Waals surface area contributed by atoms with Crippen LogP contribution in [0.25, 0.3) is 0 Å². The fraction of sp³-hybridized carbons (Fsp3) is 0.667. The van der Waals surface area contributed by atoms with Crippen LogP contribution in [0.1, 0.15) is 32.4 Å². The third kappa shape index (κ3) is 3.22. The fourth-order valence-electron chi connectivity index (χ4n) is 1.48. The molecule has 0 atom stereocenters. The van der Waals surface area contributed by atoms with Crippen molar-refractivity contribution < 1.29 is 4.42 Å². The number of rotatable bonds is 6. The zero-order chi connectivity index (χ0) is 11.3. The Bertz CT molecular complexity index is 281. The second-order valence-electron chi connectivity index (χ2n) is 3.99. The molecule has 0 aliphatic carbocycles. The number of hydrogen-bond acceptors (Lipinski definition) is 3. The summed E-state index contributed by atoms with van der Waals surface area (Å²) in [6, 6.07) is 2.05. The first kappa shape index (κ1) is 13.0. The molecule has 0 radical (unpaired) electrons. The minimum Gasteiger partial charge on any atom is -0.468 e. The highest BCUT2D eigenvalue weighted by Gasteiger charge is 2.24. The Morgan fingerprint density at radius 1 is 1.40 bits per heavy atom. The van der Waals surface area contributed by atoms with E-state index in [1.807, 2.05) is 18.7 Å². The topological polar surface area (TPSA) is 13.1 Å². The standard InChI is InChI=1S/C12H20OS2/c1-4-12(5-2,8-14)9-15-11-6-7-13-10(11)3/h6-7,14H,4-5,8-9H2,1-3H3. The largest absolute Gasteiger partial charge is 0.468 e. The van der Waals surface area contributed by atoms with E-state index in [1.54, 1.807) is 6.26 Å². The average molecular weight is 244 g/mol. The summed E-state index contributed by atoms with van der Waals surface area (Å²) in [7, 11) is 0. The molecule has 1 aromatic rings. The third-order valence-corrected chi connectivity index (χ3v) is 5.34. The summed E-state index contributed by atoms with van der Waals surface area (Å²) in [6.07, 6.45) is 4.14. The minimum absolute atomic E-state index is 0.373. The first-order chi connectivity index (χ1) is 7.17. The van der Waals surface area contributed by atoms with E-state index >= 15 is 0 Å². The van der Waals surface area contributed by atoms with Gasteiger partial charge in [-0.15, -0.1) is 11.8 Å². The summed E-state index contributed by atoms with van der Waals surface area (Å²) in [5.74, 6) is 3.12. The summed E-state index contributed by atoms with van der Waals surface area (Å²) in [5.41, 5.74) is 0.373. The maximum Gasteiger partial charge on any atom is 0.114 e. The summed E-state index contributed by atoms with van der Waals surface area (Å²) in [6.45, 7) is 6.52. The summed E-state index contributed by atoms with van der Waals surface area (Å²) < 4.78 is 5.29. The van der Waals surface area contributed by atoms with E-state index < -0.39 is 0 Å². The highest BCUT2D eigenvalue weighted by molar-refractivity contribution is 7.99. The molecule has 0 saturated carbocycles. The Labute approximate surface area is 102 Å². The highest BCUT2D eigenvalue weighted by Crippen LogP contribution is 2.36. The van der Waals surface area contributed by atoms with Gasteiger partial charge >= 0.3 is 0 Å². The van der Waals surface area contributed by atoms with Gasteiger partial charge in [0.15, 0.2) is 0 Å². The molecule has 15 heavy (non-hydrogen) atoms. The molecule has 0 aliphatic rings. The van der Waals surface area contributed by atoms with E-state index in [-0.39, 0.29) is 0 Å². The van der Waals surface area contributed by atoms with Crippen LogP contribution in [0.4, 0.5) is 0 Å². The normalized spacial score (nSPS) is 12.0. The molecule has 86 valence electrons. The van der Waals surface area contributed by atoms with Crippen molar-refractivity contribution in [3.63, 3.8) is 0 Å². The third-order valence-electron chi connectivity index (χ3n) is 3.18. The summed E-state index contributed by atoms with van der Waals surface area (Å²) >= 11 is 6.37. The number of aryl methyl sites for hydroxylation is 1. The highest BCUT2D eigenvalue weighted by atomic mass is 32.2. The predicted molar refractivity (Wildman–Crippen MR) is 71.0 cm³/mol. The minimum atomic E-state index is 0.373. The zero-order valence-electron chi connectivity index (χ0n) is 9.75. The first-order valence-electron chi connectivity index (χ1n) is 5.45. The van der Waals surface area contributed by atoms with E-state index in [0.29, 0.717) is 5.41 Å². The van der Waals surface area contributed by atoms with E-state index in [0.717, 1.165) is 17.3 Å². The van der Waals surface area contributed by atoms with Gasteiger partial charge in [0.25, 0.3) is 0 Å². The van der Waals surface area contributed by atoms with Gasteiger partial charge in [-0.25, -0.2) is 0 Å². The Kier molecular flexibility index (Phi) is 5.13. The van der Waals surface area contributed by atoms with E-state index in [2.05, 4.69) is 32.5 Å². The van der Waals surface area contributed by atoms with Gasteiger partial charge in [-0.1, -0.05) is 13.8 Å². The quantitative estimate of drug-likeness (QED) is 0.588. The van der Waals surface area contributed by atoms with Crippen LogP contribution in [0.15, 0.2) is 21.6 Å². The van der Waals surface area contributed by atoms with Crippen LogP contribution >= 0.6 is 24.4 Å². The number of thiol groups is 1. The van der Waals surface area contributed by atoms with Crippen LogP contribution in [0.3, 0.4) is 0 Å². The maximum atomic E-state index is 5.29. The van der Waals surface area contributed by atoms with Crippen LogP contribution in [-0.2, 0) is 0 Å². The van der Waals surface area contributed by atoms with Crippen LogP contribution in [0, 0.1) is 12.3 Å². The molecule has 1 aromatic heterocycles. The number of thioether (sulfide) groups is 1. The predicted octanol–water partition coefficient (Wildman–Crippen LogP) is 4.42. The summed E-state index contributed by atoms with van der Waals surface area (Å²) in [5, 5.41) is 0. The molecule has 0 spiro atoms. The molecular weight excluding hydrogens is 224 g/mol. The molecular formula is C12H20OS2. The number of hydrogen-bond donors (Lipinski definition) is 1. The molecule has 1 heterocycles. The molecule has 0 aliphatic heterocycles. The molecule has 1 nitrogen and oxygen atoms in total. The van der Waals surface area contributed by atoms with Crippen molar-refractivity contribution in [3.05, 3.63) is 18.1 Å². The van der Waals surface area contributed by atoms with E-state index in [4.69, 9.17) is 4.42 Å². The SMILES string of the molecule is CCC(CC)(CS)CSc1ccoc1C. The van der Waals surface area contributed by atoms with Crippen LogP contribution in [0.2, 0.25) is 0 Å². The molecule has 0 bridgehead atoms. The van der Waals surface area contributed by atoms with Crippen LogP contribution in [0.5, 0.6) is 0 Å². The monoisotopic (exact) mass is 244 g/mol. The van der Waals surface area contributed by atoms with Gasteiger partial charge in [-0.05, 0) is 37.0 Å². The lowest BCUT2D eigenvalue weighted by Gasteiger charge is -2.29. The van der Waals surface area contributed by atoms with Gasteiger partial charge in [0.2, 0.25) is 0 Å². The van der Waals surface area contributed by atoms with E-state index in [9.17, 15) is 0 Å². The van der Waals surface area contributed by atoms with Crippen molar-refractivity contribution in [2.45, 2.75) is 38.5 Å². The lowest BCUT2D eigenvalue weighted by molar-refractivity contribution is 0.357. The fourth-order valence-corrected chi connectivity index (χ4v) is 3.56. The second-order valence-corrected chi connectivity index (χ2v) is 5.33. The van der Waals surface area contributed by atoms with Crippen molar-refractivity contribution in [1.82, 2.24) is 0 Å². The van der Waals surface area contributed by atoms with Gasteiger partial charge in [-0.3, -0.25) is 0 Å². The second kappa shape index (κ2) is 5.90. The van der Waals surface area contributed by atoms with Crippen molar-refractivity contribution in [2.75, 3.05) is 11.5 Å². The molecule has 0 aromatic carbocycles. The van der Waals surface area contributed by atoms with E-state index in [1.165, 1.54) is 17.7 Å². The Balaban J connectivity index is 2.58. The Morgan fingerprint density at radius 2 is 2.07 bits per heavy atom. The molecule has 3 heteroatoms. The van der Waals surface area contributed by atoms with Gasteiger partial charge in [-0.2, -0.15) is 12.6 Å². The molecule has 0 N–H and O–H groups in total. The van der Waals surface area contributed by atoms with Crippen molar-refractivity contribution in [1.29, 1.82) is 0 Å². The molecule has 0 amide bonds. The lowest BCUT2D eigenvalue weighted by atomic mass is 9.87. The van der Waals surface area contributed by atoms with Crippen molar-refractivity contribution >= 4 is 24.4 Å². The molecule has 0 unspecified atom stereocenters. The van der Waals surface area contributed by atoms with Gasteiger partial charge in [0.05, 0.1) is 6.26 Å². The smallest absolute Gasteiger partial charge is 0.114 e. The Hall–Kier alpha value is -0.0200. The number of furan rings is 1. The first-order valence-corrected chi connectivity index (χ1v) is 7.07. The van der Waals surface area contributed by atoms with Crippen LogP contribution in [-0.4, -0.2) is 11.5 Å². The average Bonchev–Trinajstić information content (AvgIpc) is 2.67.